The van der Waals surface area contributed by atoms with Gasteiger partial charge in [-0.15, -0.1) is 0 Å². The number of hydrogen-bond donors (Lipinski definition) is 4. The minimum atomic E-state index is -1.46. The van der Waals surface area contributed by atoms with Gasteiger partial charge in [0, 0.05) is 0 Å². The van der Waals surface area contributed by atoms with E-state index < -0.39 is 14.2 Å². The van der Waals surface area contributed by atoms with E-state index in [1.807, 2.05) is 26.0 Å². The molecule has 0 unspecified atom stereocenters. The first kappa shape index (κ1) is 16.8. The zero-order valence-corrected chi connectivity index (χ0v) is 12.8. The predicted octanol–water partition coefficient (Wildman–Crippen LogP) is -0.552. The summed E-state index contributed by atoms with van der Waals surface area (Å²) in [6, 6.07) is 10.9. The van der Waals surface area contributed by atoms with E-state index in [0.717, 1.165) is 35.1 Å². The maximum atomic E-state index is 9.30. The summed E-state index contributed by atoms with van der Waals surface area (Å²) in [7, 11) is -2.93. The van der Waals surface area contributed by atoms with Crippen LogP contribution >= 0.6 is 0 Å². The fourth-order valence-corrected chi connectivity index (χ4v) is 2.59. The van der Waals surface area contributed by atoms with Crippen LogP contribution in [-0.4, -0.2) is 34.3 Å². The van der Waals surface area contributed by atoms with Crippen LogP contribution in [0.25, 0.3) is 0 Å². The van der Waals surface area contributed by atoms with Crippen LogP contribution in [-0.2, 0) is 12.8 Å². The number of rotatable bonds is 5. The Hall–Kier alpha value is -1.59. The van der Waals surface area contributed by atoms with Gasteiger partial charge in [0.05, 0.1) is 0 Å². The van der Waals surface area contributed by atoms with Crippen molar-refractivity contribution in [3.8, 4) is 0 Å². The van der Waals surface area contributed by atoms with Crippen molar-refractivity contribution >= 4 is 25.2 Å². The van der Waals surface area contributed by atoms with Gasteiger partial charge in [-0.1, -0.05) is 42.0 Å². The van der Waals surface area contributed by atoms with Gasteiger partial charge in [0.15, 0.2) is 0 Å². The summed E-state index contributed by atoms with van der Waals surface area (Å²) < 4.78 is 0. The molecule has 0 heterocycles. The SMILES string of the molecule is Cc1cc(CCc2cc(B(O)O)ccc2C)cc(B(O)O)c1. The van der Waals surface area contributed by atoms with Crippen molar-refractivity contribution in [1.29, 1.82) is 0 Å². The topological polar surface area (TPSA) is 80.9 Å². The Kier molecular flexibility index (Phi) is 5.42. The quantitative estimate of drug-likeness (QED) is 0.558. The smallest absolute Gasteiger partial charge is 0.423 e. The third-order valence-corrected chi connectivity index (χ3v) is 3.81. The fourth-order valence-electron chi connectivity index (χ4n) is 2.59. The zero-order chi connectivity index (χ0) is 16.3. The normalized spacial score (nSPS) is 10.6. The van der Waals surface area contributed by atoms with Gasteiger partial charge in [-0.25, -0.2) is 0 Å². The molecule has 22 heavy (non-hydrogen) atoms. The Balaban J connectivity index is 2.18. The summed E-state index contributed by atoms with van der Waals surface area (Å²) in [4.78, 5) is 0. The Morgan fingerprint density at radius 3 is 2.09 bits per heavy atom. The summed E-state index contributed by atoms with van der Waals surface area (Å²) in [5, 5.41) is 37.1. The largest absolute Gasteiger partial charge is 0.488 e. The van der Waals surface area contributed by atoms with Crippen LogP contribution < -0.4 is 10.9 Å². The Morgan fingerprint density at radius 2 is 1.45 bits per heavy atom. The molecule has 0 spiro atoms. The van der Waals surface area contributed by atoms with E-state index >= 15 is 0 Å². The molecule has 4 N–H and O–H groups in total. The molecule has 2 aromatic carbocycles. The molecule has 0 amide bonds. The van der Waals surface area contributed by atoms with Crippen LogP contribution in [0.5, 0.6) is 0 Å². The number of benzene rings is 2. The van der Waals surface area contributed by atoms with Crippen LogP contribution in [0, 0.1) is 13.8 Å². The third kappa shape index (κ3) is 4.21. The van der Waals surface area contributed by atoms with Gasteiger partial charge in [0.1, 0.15) is 0 Å². The molecular weight excluding hydrogens is 278 g/mol. The summed E-state index contributed by atoms with van der Waals surface area (Å²) in [5.74, 6) is 0. The van der Waals surface area contributed by atoms with E-state index in [1.165, 1.54) is 0 Å². The lowest BCUT2D eigenvalue weighted by molar-refractivity contribution is 0.424. The van der Waals surface area contributed by atoms with Crippen molar-refractivity contribution in [2.24, 2.45) is 0 Å². The Bertz CT molecular complexity index is 657. The van der Waals surface area contributed by atoms with Crippen molar-refractivity contribution in [3.05, 3.63) is 58.7 Å². The number of hydrogen-bond acceptors (Lipinski definition) is 4. The van der Waals surface area contributed by atoms with Gasteiger partial charge in [-0.05, 0) is 54.3 Å². The lowest BCUT2D eigenvalue weighted by Crippen LogP contribution is -2.30. The van der Waals surface area contributed by atoms with Crippen LogP contribution in [0.2, 0.25) is 0 Å². The van der Waals surface area contributed by atoms with E-state index in [2.05, 4.69) is 0 Å². The molecule has 6 heteroatoms. The van der Waals surface area contributed by atoms with Gasteiger partial charge < -0.3 is 20.1 Å². The van der Waals surface area contributed by atoms with Crippen LogP contribution in [0.15, 0.2) is 36.4 Å². The first-order valence-electron chi connectivity index (χ1n) is 7.29. The van der Waals surface area contributed by atoms with Crippen LogP contribution in [0.3, 0.4) is 0 Å². The lowest BCUT2D eigenvalue weighted by Gasteiger charge is -2.10. The lowest BCUT2D eigenvalue weighted by atomic mass is 9.77. The summed E-state index contributed by atoms with van der Waals surface area (Å²) >= 11 is 0. The standard InChI is InChI=1S/C16H20B2O4/c1-11-7-13(9-16(8-11)18(21)22)4-5-14-10-15(17(19)20)6-3-12(14)2/h3,6-10,19-22H,4-5H2,1-2H3. The maximum absolute atomic E-state index is 9.30. The van der Waals surface area contributed by atoms with Crippen molar-refractivity contribution in [2.45, 2.75) is 26.7 Å². The van der Waals surface area contributed by atoms with Gasteiger partial charge in [0.25, 0.3) is 0 Å². The first-order chi connectivity index (χ1) is 10.4. The van der Waals surface area contributed by atoms with E-state index in [1.54, 1.807) is 24.3 Å². The molecule has 2 aromatic rings. The minimum Gasteiger partial charge on any atom is -0.423 e. The van der Waals surface area contributed by atoms with Gasteiger partial charge >= 0.3 is 14.2 Å². The van der Waals surface area contributed by atoms with Gasteiger partial charge in [-0.3, -0.25) is 0 Å². The molecule has 0 fully saturated rings. The van der Waals surface area contributed by atoms with E-state index in [9.17, 15) is 20.1 Å². The molecule has 4 nitrogen and oxygen atoms in total. The average molecular weight is 298 g/mol. The van der Waals surface area contributed by atoms with E-state index in [4.69, 9.17) is 0 Å². The predicted molar refractivity (Wildman–Crippen MR) is 89.4 cm³/mol. The van der Waals surface area contributed by atoms with Crippen molar-refractivity contribution in [2.75, 3.05) is 0 Å². The molecule has 0 aliphatic rings. The molecule has 0 bridgehead atoms. The molecule has 0 aliphatic carbocycles. The summed E-state index contributed by atoms with van der Waals surface area (Å²) in [6.45, 7) is 3.91. The highest BCUT2D eigenvalue weighted by Gasteiger charge is 2.14. The number of aryl methyl sites for hydroxylation is 4. The highest BCUT2D eigenvalue weighted by Crippen LogP contribution is 2.12. The second-order valence-electron chi connectivity index (χ2n) is 5.69. The second-order valence-corrected chi connectivity index (χ2v) is 5.69. The van der Waals surface area contributed by atoms with Crippen molar-refractivity contribution < 1.29 is 20.1 Å². The maximum Gasteiger partial charge on any atom is 0.488 e. The molecule has 0 radical (unpaired) electrons. The van der Waals surface area contributed by atoms with Crippen LogP contribution in [0.4, 0.5) is 0 Å². The molecular formula is C16H20B2O4. The highest BCUT2D eigenvalue weighted by atomic mass is 16.4. The summed E-state index contributed by atoms with van der Waals surface area (Å²) in [6.07, 6.45) is 1.49. The molecule has 0 aromatic heterocycles. The van der Waals surface area contributed by atoms with E-state index in [0.29, 0.717) is 10.9 Å². The monoisotopic (exact) mass is 298 g/mol. The Labute approximate surface area is 131 Å². The minimum absolute atomic E-state index is 0.483. The van der Waals surface area contributed by atoms with Gasteiger partial charge in [-0.2, -0.15) is 0 Å². The van der Waals surface area contributed by atoms with Crippen molar-refractivity contribution in [3.63, 3.8) is 0 Å². The summed E-state index contributed by atoms with van der Waals surface area (Å²) in [5.41, 5.74) is 5.13. The third-order valence-electron chi connectivity index (χ3n) is 3.81. The fraction of sp³-hybridized carbons (Fsp3) is 0.250. The van der Waals surface area contributed by atoms with Gasteiger partial charge in [0.2, 0.25) is 0 Å². The van der Waals surface area contributed by atoms with Crippen molar-refractivity contribution in [1.82, 2.24) is 0 Å². The molecule has 2 rings (SSSR count). The zero-order valence-electron chi connectivity index (χ0n) is 12.8. The molecule has 114 valence electrons. The van der Waals surface area contributed by atoms with E-state index in [-0.39, 0.29) is 0 Å². The Morgan fingerprint density at radius 1 is 0.773 bits per heavy atom. The second kappa shape index (κ2) is 7.11. The molecule has 0 saturated heterocycles. The molecule has 0 aliphatic heterocycles. The molecule has 0 saturated carbocycles. The average Bonchev–Trinajstić information content (AvgIpc) is 2.45. The highest BCUT2D eigenvalue weighted by molar-refractivity contribution is 6.59. The molecule has 0 atom stereocenters. The van der Waals surface area contributed by atoms with Crippen LogP contribution in [0.1, 0.15) is 22.3 Å². The first-order valence-corrected chi connectivity index (χ1v) is 7.29.